The summed E-state index contributed by atoms with van der Waals surface area (Å²) in [6, 6.07) is 15.6. The number of rotatable bonds is 10. The third kappa shape index (κ3) is 6.75. The number of ether oxygens (including phenoxy) is 2. The molecule has 0 fully saturated rings. The molecule has 25 heavy (non-hydrogen) atoms. The number of methoxy groups -OCH3 is 1. The lowest BCUT2D eigenvalue weighted by molar-refractivity contribution is -0.120. The van der Waals surface area contributed by atoms with Crippen LogP contribution < -0.4 is 20.1 Å². The number of anilines is 1. The summed E-state index contributed by atoms with van der Waals surface area (Å²) in [6.07, 6.45) is 1.25. The highest BCUT2D eigenvalue weighted by molar-refractivity contribution is 5.76. The molecule has 0 saturated carbocycles. The van der Waals surface area contributed by atoms with E-state index < -0.39 is 0 Å². The van der Waals surface area contributed by atoms with Crippen LogP contribution in [0.2, 0.25) is 0 Å². The topological polar surface area (TPSA) is 59.6 Å². The Morgan fingerprint density at radius 3 is 2.28 bits per heavy atom. The Hall–Kier alpha value is -2.69. The first-order valence-corrected chi connectivity index (χ1v) is 8.57. The van der Waals surface area contributed by atoms with Crippen LogP contribution in [0.5, 0.6) is 11.5 Å². The van der Waals surface area contributed by atoms with Crippen LogP contribution in [-0.2, 0) is 11.2 Å². The van der Waals surface area contributed by atoms with Crippen molar-refractivity contribution in [1.82, 2.24) is 5.32 Å². The number of carbonyl (C=O) groups excluding carboxylic acids is 1. The van der Waals surface area contributed by atoms with Gasteiger partial charge in [0.15, 0.2) is 0 Å². The number of hydrogen-bond acceptors (Lipinski definition) is 4. The molecular weight excluding hydrogens is 316 g/mol. The monoisotopic (exact) mass is 342 g/mol. The minimum absolute atomic E-state index is 0.0481. The van der Waals surface area contributed by atoms with Gasteiger partial charge in [0.25, 0.3) is 0 Å². The molecule has 0 heterocycles. The summed E-state index contributed by atoms with van der Waals surface area (Å²) >= 11 is 0. The number of carbonyl (C=O) groups is 1. The molecule has 0 unspecified atom stereocenters. The van der Waals surface area contributed by atoms with Gasteiger partial charge < -0.3 is 20.1 Å². The Bertz CT molecular complexity index is 639. The standard InChI is InChI=1S/C20H26N2O3/c1-3-25-19-10-6-17(7-11-19)21-15-13-20(23)22-14-12-16-4-8-18(24-2)9-5-16/h4-11,21H,3,12-15H2,1-2H3,(H,22,23). The lowest BCUT2D eigenvalue weighted by Gasteiger charge is -2.09. The summed E-state index contributed by atoms with van der Waals surface area (Å²) in [7, 11) is 1.65. The van der Waals surface area contributed by atoms with E-state index in [9.17, 15) is 4.79 Å². The second-order valence-corrected chi connectivity index (χ2v) is 5.58. The normalized spacial score (nSPS) is 10.2. The fourth-order valence-electron chi connectivity index (χ4n) is 2.38. The molecule has 0 radical (unpaired) electrons. The van der Waals surface area contributed by atoms with Gasteiger partial charge in [-0.1, -0.05) is 12.1 Å². The Labute approximate surface area is 149 Å². The van der Waals surface area contributed by atoms with Gasteiger partial charge in [0.05, 0.1) is 13.7 Å². The lowest BCUT2D eigenvalue weighted by atomic mass is 10.1. The molecule has 0 aliphatic carbocycles. The SMILES string of the molecule is CCOc1ccc(NCCC(=O)NCCc2ccc(OC)cc2)cc1. The predicted octanol–water partition coefficient (Wildman–Crippen LogP) is 3.25. The summed E-state index contributed by atoms with van der Waals surface area (Å²) in [5, 5.41) is 6.18. The van der Waals surface area contributed by atoms with Gasteiger partial charge in [0.2, 0.25) is 5.91 Å². The van der Waals surface area contributed by atoms with Crippen LogP contribution in [0, 0.1) is 0 Å². The lowest BCUT2D eigenvalue weighted by Crippen LogP contribution is -2.27. The van der Waals surface area contributed by atoms with Crippen molar-refractivity contribution in [2.24, 2.45) is 0 Å². The molecule has 5 nitrogen and oxygen atoms in total. The van der Waals surface area contributed by atoms with E-state index in [2.05, 4.69) is 10.6 Å². The zero-order valence-corrected chi connectivity index (χ0v) is 14.9. The number of benzene rings is 2. The molecule has 0 atom stereocenters. The minimum atomic E-state index is 0.0481. The molecule has 1 amide bonds. The molecule has 0 spiro atoms. The van der Waals surface area contributed by atoms with E-state index in [1.54, 1.807) is 7.11 Å². The first kappa shape index (κ1) is 18.6. The van der Waals surface area contributed by atoms with Crippen LogP contribution in [0.4, 0.5) is 5.69 Å². The van der Waals surface area contributed by atoms with Crippen molar-refractivity contribution in [3.8, 4) is 11.5 Å². The van der Waals surface area contributed by atoms with Gasteiger partial charge in [0, 0.05) is 25.2 Å². The average Bonchev–Trinajstić information content (AvgIpc) is 2.64. The van der Waals surface area contributed by atoms with E-state index in [0.717, 1.165) is 23.6 Å². The molecule has 2 aromatic carbocycles. The molecule has 2 N–H and O–H groups in total. The molecule has 0 saturated heterocycles. The van der Waals surface area contributed by atoms with Gasteiger partial charge in [0.1, 0.15) is 11.5 Å². The molecular formula is C20H26N2O3. The van der Waals surface area contributed by atoms with E-state index in [0.29, 0.717) is 26.1 Å². The van der Waals surface area contributed by atoms with Crippen molar-refractivity contribution >= 4 is 11.6 Å². The number of nitrogens with one attached hydrogen (secondary N) is 2. The third-order valence-corrected chi connectivity index (χ3v) is 3.74. The number of amides is 1. The van der Waals surface area contributed by atoms with Crippen LogP contribution in [-0.4, -0.2) is 32.7 Å². The maximum atomic E-state index is 11.9. The zero-order valence-electron chi connectivity index (χ0n) is 14.9. The second kappa shape index (κ2) is 10.2. The van der Waals surface area contributed by atoms with Crippen LogP contribution >= 0.6 is 0 Å². The van der Waals surface area contributed by atoms with E-state index >= 15 is 0 Å². The first-order valence-electron chi connectivity index (χ1n) is 8.57. The maximum absolute atomic E-state index is 11.9. The molecule has 2 rings (SSSR count). The first-order chi connectivity index (χ1) is 12.2. The maximum Gasteiger partial charge on any atom is 0.221 e. The molecule has 134 valence electrons. The van der Waals surface area contributed by atoms with E-state index in [-0.39, 0.29) is 5.91 Å². The highest BCUT2D eigenvalue weighted by Gasteiger charge is 2.02. The van der Waals surface area contributed by atoms with Crippen molar-refractivity contribution in [2.75, 3.05) is 32.1 Å². The van der Waals surface area contributed by atoms with Crippen LogP contribution in [0.3, 0.4) is 0 Å². The molecule has 5 heteroatoms. The Morgan fingerprint density at radius 1 is 0.960 bits per heavy atom. The third-order valence-electron chi connectivity index (χ3n) is 3.74. The van der Waals surface area contributed by atoms with Gasteiger partial charge in [-0.05, 0) is 55.3 Å². The summed E-state index contributed by atoms with van der Waals surface area (Å²) in [4.78, 5) is 11.9. The molecule has 0 aromatic heterocycles. The van der Waals surface area contributed by atoms with Gasteiger partial charge >= 0.3 is 0 Å². The molecule has 0 bridgehead atoms. The summed E-state index contributed by atoms with van der Waals surface area (Å²) < 4.78 is 10.5. The van der Waals surface area contributed by atoms with Gasteiger partial charge in [-0.3, -0.25) is 4.79 Å². The van der Waals surface area contributed by atoms with Crippen molar-refractivity contribution in [3.05, 3.63) is 54.1 Å². The largest absolute Gasteiger partial charge is 0.497 e. The quantitative estimate of drug-likeness (QED) is 0.696. The zero-order chi connectivity index (χ0) is 17.9. The fourth-order valence-corrected chi connectivity index (χ4v) is 2.38. The van der Waals surface area contributed by atoms with Crippen molar-refractivity contribution < 1.29 is 14.3 Å². The highest BCUT2D eigenvalue weighted by Crippen LogP contribution is 2.15. The minimum Gasteiger partial charge on any atom is -0.497 e. The summed E-state index contributed by atoms with van der Waals surface area (Å²) in [5.74, 6) is 1.74. The smallest absolute Gasteiger partial charge is 0.221 e. The Morgan fingerprint density at radius 2 is 1.64 bits per heavy atom. The van der Waals surface area contributed by atoms with Gasteiger partial charge in [-0.15, -0.1) is 0 Å². The van der Waals surface area contributed by atoms with Crippen molar-refractivity contribution in [3.63, 3.8) is 0 Å². The highest BCUT2D eigenvalue weighted by atomic mass is 16.5. The van der Waals surface area contributed by atoms with Gasteiger partial charge in [-0.2, -0.15) is 0 Å². The summed E-state index contributed by atoms with van der Waals surface area (Å²) in [5.41, 5.74) is 2.16. The van der Waals surface area contributed by atoms with Crippen LogP contribution in [0.25, 0.3) is 0 Å². The summed E-state index contributed by atoms with van der Waals surface area (Å²) in [6.45, 7) is 3.85. The fraction of sp³-hybridized carbons (Fsp3) is 0.350. The van der Waals surface area contributed by atoms with Crippen molar-refractivity contribution in [2.45, 2.75) is 19.8 Å². The van der Waals surface area contributed by atoms with Gasteiger partial charge in [-0.25, -0.2) is 0 Å². The Balaban J connectivity index is 1.61. The van der Waals surface area contributed by atoms with E-state index in [4.69, 9.17) is 9.47 Å². The van der Waals surface area contributed by atoms with Crippen LogP contribution in [0.1, 0.15) is 18.9 Å². The second-order valence-electron chi connectivity index (χ2n) is 5.58. The van der Waals surface area contributed by atoms with E-state index in [1.165, 1.54) is 5.56 Å². The van der Waals surface area contributed by atoms with Crippen LogP contribution in [0.15, 0.2) is 48.5 Å². The van der Waals surface area contributed by atoms with Crippen molar-refractivity contribution in [1.29, 1.82) is 0 Å². The molecule has 2 aromatic rings. The molecule has 0 aliphatic heterocycles. The number of hydrogen-bond donors (Lipinski definition) is 2. The predicted molar refractivity (Wildman–Crippen MR) is 100 cm³/mol. The molecule has 0 aliphatic rings. The average molecular weight is 342 g/mol. The van der Waals surface area contributed by atoms with E-state index in [1.807, 2.05) is 55.5 Å². The Kier molecular flexibility index (Phi) is 7.63.